The highest BCUT2D eigenvalue weighted by atomic mass is 14.7. The van der Waals surface area contributed by atoms with Crippen molar-refractivity contribution in [3.8, 4) is 11.1 Å². The summed E-state index contributed by atoms with van der Waals surface area (Å²) in [5, 5.41) is 1.26. The molecular formula is C15H13N. The molecular weight excluding hydrogens is 194 g/mol. The van der Waals surface area contributed by atoms with Gasteiger partial charge < -0.3 is 4.98 Å². The largest absolute Gasteiger partial charge is 0.361 e. The average Bonchev–Trinajstić information content (AvgIpc) is 2.76. The molecule has 1 N–H and O–H groups in total. The molecule has 0 saturated carbocycles. The predicted octanol–water partition coefficient (Wildman–Crippen LogP) is 4.14. The Hall–Kier alpha value is -2.02. The first-order valence-electron chi connectivity index (χ1n) is 5.48. The van der Waals surface area contributed by atoms with Crippen LogP contribution in [-0.4, -0.2) is 4.98 Å². The zero-order valence-electron chi connectivity index (χ0n) is 9.20. The molecule has 3 aromatic rings. The standard InChI is InChI=1S/C15H13N/c1-11-4-2-3-5-14(11)12-6-7-15-13(10-12)8-9-16-15/h2-10,16H,1H3. The summed E-state index contributed by atoms with van der Waals surface area (Å²) in [5.74, 6) is 0. The number of aromatic nitrogens is 1. The Morgan fingerprint density at radius 1 is 0.938 bits per heavy atom. The monoisotopic (exact) mass is 207 g/mol. The van der Waals surface area contributed by atoms with Gasteiger partial charge in [0.15, 0.2) is 0 Å². The lowest BCUT2D eigenvalue weighted by Gasteiger charge is -2.05. The van der Waals surface area contributed by atoms with Crippen LogP contribution in [0.5, 0.6) is 0 Å². The van der Waals surface area contributed by atoms with E-state index in [0.717, 1.165) is 0 Å². The maximum absolute atomic E-state index is 3.21. The maximum Gasteiger partial charge on any atom is 0.0454 e. The van der Waals surface area contributed by atoms with Gasteiger partial charge in [-0.15, -0.1) is 0 Å². The van der Waals surface area contributed by atoms with Crippen LogP contribution in [0.4, 0.5) is 0 Å². The summed E-state index contributed by atoms with van der Waals surface area (Å²) < 4.78 is 0. The van der Waals surface area contributed by atoms with Crippen molar-refractivity contribution < 1.29 is 0 Å². The third-order valence-corrected chi connectivity index (χ3v) is 3.01. The lowest BCUT2D eigenvalue weighted by atomic mass is 10.00. The van der Waals surface area contributed by atoms with E-state index in [9.17, 15) is 0 Å². The van der Waals surface area contributed by atoms with Crippen LogP contribution >= 0.6 is 0 Å². The molecule has 3 rings (SSSR count). The van der Waals surface area contributed by atoms with Gasteiger partial charge in [-0.3, -0.25) is 0 Å². The Kier molecular flexibility index (Phi) is 2.03. The van der Waals surface area contributed by atoms with Crippen LogP contribution in [0, 0.1) is 6.92 Å². The lowest BCUT2D eigenvalue weighted by molar-refractivity contribution is 1.46. The number of nitrogens with one attached hydrogen (secondary N) is 1. The number of benzene rings is 2. The molecule has 0 amide bonds. The van der Waals surface area contributed by atoms with Crippen LogP contribution in [0.3, 0.4) is 0 Å². The summed E-state index contributed by atoms with van der Waals surface area (Å²) in [7, 11) is 0. The van der Waals surface area contributed by atoms with Gasteiger partial charge in [0.05, 0.1) is 0 Å². The van der Waals surface area contributed by atoms with Gasteiger partial charge in [0, 0.05) is 11.7 Å². The van der Waals surface area contributed by atoms with Crippen LogP contribution in [0.25, 0.3) is 22.0 Å². The second kappa shape index (κ2) is 3.53. The molecule has 1 heteroatoms. The Balaban J connectivity index is 2.22. The second-order valence-electron chi connectivity index (χ2n) is 4.09. The second-order valence-corrected chi connectivity index (χ2v) is 4.09. The number of hydrogen-bond acceptors (Lipinski definition) is 0. The number of aryl methyl sites for hydroxylation is 1. The quantitative estimate of drug-likeness (QED) is 0.617. The summed E-state index contributed by atoms with van der Waals surface area (Å²) in [4.78, 5) is 3.21. The fourth-order valence-corrected chi connectivity index (χ4v) is 2.12. The highest BCUT2D eigenvalue weighted by Gasteiger charge is 2.02. The SMILES string of the molecule is Cc1ccccc1-c1ccc2[nH]ccc2c1. The summed E-state index contributed by atoms with van der Waals surface area (Å²) in [6, 6.07) is 17.1. The van der Waals surface area contributed by atoms with E-state index in [1.165, 1.54) is 27.6 Å². The molecule has 0 spiro atoms. The Bertz CT molecular complexity index is 634. The molecule has 0 saturated heterocycles. The number of rotatable bonds is 1. The topological polar surface area (TPSA) is 15.8 Å². The van der Waals surface area contributed by atoms with E-state index in [1.54, 1.807) is 0 Å². The van der Waals surface area contributed by atoms with Crippen molar-refractivity contribution in [2.75, 3.05) is 0 Å². The molecule has 16 heavy (non-hydrogen) atoms. The molecule has 0 aliphatic rings. The van der Waals surface area contributed by atoms with Crippen molar-refractivity contribution in [3.63, 3.8) is 0 Å². The third kappa shape index (κ3) is 1.41. The fraction of sp³-hybridized carbons (Fsp3) is 0.0667. The average molecular weight is 207 g/mol. The molecule has 2 aromatic carbocycles. The molecule has 78 valence electrons. The smallest absolute Gasteiger partial charge is 0.0454 e. The molecule has 1 aromatic heterocycles. The summed E-state index contributed by atoms with van der Waals surface area (Å²) in [5.41, 5.74) is 5.10. The first kappa shape index (κ1) is 9.22. The van der Waals surface area contributed by atoms with Gasteiger partial charge in [0.25, 0.3) is 0 Å². The number of H-pyrrole nitrogens is 1. The van der Waals surface area contributed by atoms with Crippen molar-refractivity contribution in [1.82, 2.24) is 4.98 Å². The summed E-state index contributed by atoms with van der Waals surface area (Å²) in [6.07, 6.45) is 1.98. The molecule has 0 aliphatic heterocycles. The van der Waals surface area contributed by atoms with Gasteiger partial charge in [0.1, 0.15) is 0 Å². The highest BCUT2D eigenvalue weighted by Crippen LogP contribution is 2.26. The van der Waals surface area contributed by atoms with Crippen molar-refractivity contribution >= 4 is 10.9 Å². The minimum absolute atomic E-state index is 1.19. The molecule has 1 nitrogen and oxygen atoms in total. The summed E-state index contributed by atoms with van der Waals surface area (Å²) in [6.45, 7) is 2.15. The van der Waals surface area contributed by atoms with Crippen LogP contribution in [0.1, 0.15) is 5.56 Å². The molecule has 0 unspecified atom stereocenters. The molecule has 0 radical (unpaired) electrons. The van der Waals surface area contributed by atoms with Crippen molar-refractivity contribution in [2.24, 2.45) is 0 Å². The van der Waals surface area contributed by atoms with Gasteiger partial charge in [-0.1, -0.05) is 30.3 Å². The van der Waals surface area contributed by atoms with E-state index in [-0.39, 0.29) is 0 Å². The minimum Gasteiger partial charge on any atom is -0.361 e. The third-order valence-electron chi connectivity index (χ3n) is 3.01. The normalized spacial score (nSPS) is 10.8. The Morgan fingerprint density at radius 3 is 2.69 bits per heavy atom. The van der Waals surface area contributed by atoms with Crippen LogP contribution in [0.15, 0.2) is 54.7 Å². The molecule has 1 heterocycles. The molecule has 0 fully saturated rings. The summed E-state index contributed by atoms with van der Waals surface area (Å²) >= 11 is 0. The van der Waals surface area contributed by atoms with Crippen LogP contribution in [0.2, 0.25) is 0 Å². The number of aromatic amines is 1. The van der Waals surface area contributed by atoms with Crippen molar-refractivity contribution in [2.45, 2.75) is 6.92 Å². The van der Waals surface area contributed by atoms with E-state index in [1.807, 2.05) is 6.20 Å². The van der Waals surface area contributed by atoms with E-state index < -0.39 is 0 Å². The first-order valence-corrected chi connectivity index (χ1v) is 5.48. The number of hydrogen-bond donors (Lipinski definition) is 1. The van der Waals surface area contributed by atoms with Gasteiger partial charge in [-0.05, 0) is 47.2 Å². The molecule has 0 atom stereocenters. The van der Waals surface area contributed by atoms with Gasteiger partial charge in [-0.2, -0.15) is 0 Å². The minimum atomic E-state index is 1.19. The Morgan fingerprint density at radius 2 is 1.81 bits per heavy atom. The van der Waals surface area contributed by atoms with E-state index in [4.69, 9.17) is 0 Å². The van der Waals surface area contributed by atoms with E-state index >= 15 is 0 Å². The van der Waals surface area contributed by atoms with Crippen LogP contribution < -0.4 is 0 Å². The van der Waals surface area contributed by atoms with Crippen molar-refractivity contribution in [3.05, 3.63) is 60.3 Å². The molecule has 0 aliphatic carbocycles. The van der Waals surface area contributed by atoms with Crippen molar-refractivity contribution in [1.29, 1.82) is 0 Å². The van der Waals surface area contributed by atoms with Gasteiger partial charge >= 0.3 is 0 Å². The van der Waals surface area contributed by atoms with E-state index in [0.29, 0.717) is 0 Å². The van der Waals surface area contributed by atoms with Gasteiger partial charge in [-0.25, -0.2) is 0 Å². The Labute approximate surface area is 94.7 Å². The highest BCUT2D eigenvalue weighted by molar-refractivity contribution is 5.85. The van der Waals surface area contributed by atoms with Crippen LogP contribution in [-0.2, 0) is 0 Å². The fourth-order valence-electron chi connectivity index (χ4n) is 2.12. The number of fused-ring (bicyclic) bond motifs is 1. The van der Waals surface area contributed by atoms with E-state index in [2.05, 4.69) is 60.4 Å². The lowest BCUT2D eigenvalue weighted by Crippen LogP contribution is -1.82. The zero-order valence-corrected chi connectivity index (χ0v) is 9.20. The first-order chi connectivity index (χ1) is 7.84. The van der Waals surface area contributed by atoms with Gasteiger partial charge in [0.2, 0.25) is 0 Å². The molecule has 0 bridgehead atoms. The maximum atomic E-state index is 3.21. The zero-order chi connectivity index (χ0) is 11.0. The predicted molar refractivity (Wildman–Crippen MR) is 68.5 cm³/mol.